The predicted molar refractivity (Wildman–Crippen MR) is 83.1 cm³/mol. The Labute approximate surface area is 118 Å². The average Bonchev–Trinajstić information content (AvgIpc) is 2.87. The van der Waals surface area contributed by atoms with E-state index in [1.165, 1.54) is 24.1 Å². The molecule has 0 aromatic heterocycles. The van der Waals surface area contributed by atoms with Crippen LogP contribution in [0.5, 0.6) is 0 Å². The van der Waals surface area contributed by atoms with Gasteiger partial charge in [0.2, 0.25) is 0 Å². The Hall–Kier alpha value is -1.20. The van der Waals surface area contributed by atoms with Crippen LogP contribution in [0.4, 0.5) is 11.4 Å². The Morgan fingerprint density at radius 1 is 1.58 bits per heavy atom. The van der Waals surface area contributed by atoms with Crippen LogP contribution in [-0.4, -0.2) is 23.6 Å². The summed E-state index contributed by atoms with van der Waals surface area (Å²) < 4.78 is 0. The normalized spacial score (nSPS) is 22.3. The van der Waals surface area contributed by atoms with Crippen LogP contribution in [0.15, 0.2) is 23.2 Å². The van der Waals surface area contributed by atoms with Gasteiger partial charge in [-0.2, -0.15) is 0 Å². The number of hydrogen-bond donors (Lipinski definition) is 2. The van der Waals surface area contributed by atoms with Crippen molar-refractivity contribution in [3.05, 3.63) is 23.8 Å². The number of aliphatic imine (C=N–C) groups is 1. The second-order valence-corrected chi connectivity index (χ2v) is 6.21. The highest BCUT2D eigenvalue weighted by atomic mass is 32.2. The molecular formula is C14H20N4S. The fourth-order valence-corrected chi connectivity index (χ4v) is 3.33. The summed E-state index contributed by atoms with van der Waals surface area (Å²) in [6.07, 6.45) is 3.05. The molecular weight excluding hydrogens is 256 g/mol. The molecule has 1 atom stereocenters. The fourth-order valence-electron chi connectivity index (χ4n) is 2.87. The van der Waals surface area contributed by atoms with Gasteiger partial charge in [0.25, 0.3) is 0 Å². The lowest BCUT2D eigenvalue weighted by Gasteiger charge is -2.34. The smallest absolute Gasteiger partial charge is 0.159 e. The van der Waals surface area contributed by atoms with Crippen molar-refractivity contribution in [2.24, 2.45) is 10.7 Å². The minimum Gasteiger partial charge on any atom is -0.378 e. The van der Waals surface area contributed by atoms with Crippen LogP contribution >= 0.6 is 11.8 Å². The number of benzene rings is 1. The van der Waals surface area contributed by atoms with E-state index in [2.05, 4.69) is 40.3 Å². The van der Waals surface area contributed by atoms with E-state index in [-0.39, 0.29) is 0 Å². The first kappa shape index (κ1) is 12.8. The van der Waals surface area contributed by atoms with E-state index < -0.39 is 0 Å². The summed E-state index contributed by atoms with van der Waals surface area (Å²) in [7, 11) is 0. The summed E-state index contributed by atoms with van der Waals surface area (Å²) in [5.41, 5.74) is 9.51. The lowest BCUT2D eigenvalue weighted by molar-refractivity contribution is 0.503. The SMILES string of the molecule is CCSC(N)=Nc1ccc2c(c1)CNC1CCCN21. The van der Waals surface area contributed by atoms with Gasteiger partial charge in [0, 0.05) is 18.8 Å². The van der Waals surface area contributed by atoms with Gasteiger partial charge >= 0.3 is 0 Å². The molecule has 1 saturated heterocycles. The van der Waals surface area contributed by atoms with Crippen molar-refractivity contribution < 1.29 is 0 Å². The highest BCUT2D eigenvalue weighted by Gasteiger charge is 2.29. The molecule has 0 aliphatic carbocycles. The van der Waals surface area contributed by atoms with Crippen molar-refractivity contribution in [3.8, 4) is 0 Å². The molecule has 5 heteroatoms. The van der Waals surface area contributed by atoms with Crippen molar-refractivity contribution in [1.82, 2.24) is 5.32 Å². The fraction of sp³-hybridized carbons (Fsp3) is 0.500. The summed E-state index contributed by atoms with van der Waals surface area (Å²) in [4.78, 5) is 6.92. The molecule has 3 rings (SSSR count). The maximum absolute atomic E-state index is 5.86. The Morgan fingerprint density at radius 2 is 2.47 bits per heavy atom. The van der Waals surface area contributed by atoms with Gasteiger partial charge in [0.15, 0.2) is 5.17 Å². The van der Waals surface area contributed by atoms with Gasteiger partial charge in [0.05, 0.1) is 11.9 Å². The first-order valence-corrected chi connectivity index (χ1v) is 7.86. The van der Waals surface area contributed by atoms with Crippen LogP contribution in [0.1, 0.15) is 25.3 Å². The lowest BCUT2D eigenvalue weighted by atomic mass is 10.1. The van der Waals surface area contributed by atoms with Crippen LogP contribution < -0.4 is 16.0 Å². The van der Waals surface area contributed by atoms with Crippen LogP contribution in [0.3, 0.4) is 0 Å². The average molecular weight is 276 g/mol. The molecule has 1 unspecified atom stereocenters. The van der Waals surface area contributed by atoms with E-state index in [0.717, 1.165) is 24.5 Å². The van der Waals surface area contributed by atoms with Crippen LogP contribution in [-0.2, 0) is 6.54 Å². The van der Waals surface area contributed by atoms with Crippen molar-refractivity contribution in [2.45, 2.75) is 32.5 Å². The van der Waals surface area contributed by atoms with Crippen LogP contribution in [0, 0.1) is 0 Å². The van der Waals surface area contributed by atoms with E-state index >= 15 is 0 Å². The molecule has 1 aromatic carbocycles. The molecule has 0 amide bonds. The maximum atomic E-state index is 5.86. The van der Waals surface area contributed by atoms with Gasteiger partial charge in [-0.3, -0.25) is 5.32 Å². The zero-order valence-electron chi connectivity index (χ0n) is 11.2. The third kappa shape index (κ3) is 2.58. The van der Waals surface area contributed by atoms with Gasteiger partial charge in [0.1, 0.15) is 0 Å². The maximum Gasteiger partial charge on any atom is 0.159 e. The van der Waals surface area contributed by atoms with Gasteiger partial charge in [-0.15, -0.1) is 0 Å². The first-order chi connectivity index (χ1) is 9.28. The first-order valence-electron chi connectivity index (χ1n) is 6.88. The summed E-state index contributed by atoms with van der Waals surface area (Å²) in [6.45, 7) is 4.17. The quantitative estimate of drug-likeness (QED) is 0.643. The number of hydrogen-bond acceptors (Lipinski definition) is 4. The molecule has 0 saturated carbocycles. The number of thioether (sulfide) groups is 1. The summed E-state index contributed by atoms with van der Waals surface area (Å²) >= 11 is 1.58. The molecule has 2 aliphatic heterocycles. The molecule has 4 nitrogen and oxygen atoms in total. The Morgan fingerprint density at radius 3 is 3.32 bits per heavy atom. The molecule has 1 aromatic rings. The number of fused-ring (bicyclic) bond motifs is 3. The Bertz CT molecular complexity index is 500. The molecule has 2 aliphatic rings. The molecule has 0 radical (unpaired) electrons. The molecule has 1 fully saturated rings. The summed E-state index contributed by atoms with van der Waals surface area (Å²) in [5, 5.41) is 4.23. The molecule has 0 bridgehead atoms. The molecule has 2 heterocycles. The Balaban J connectivity index is 1.86. The number of anilines is 1. The highest BCUT2D eigenvalue weighted by molar-refractivity contribution is 8.13. The molecule has 19 heavy (non-hydrogen) atoms. The number of nitrogens with zero attached hydrogens (tertiary/aromatic N) is 2. The van der Waals surface area contributed by atoms with Crippen molar-refractivity contribution >= 4 is 28.3 Å². The van der Waals surface area contributed by atoms with Crippen LogP contribution in [0.2, 0.25) is 0 Å². The van der Waals surface area contributed by atoms with Gasteiger partial charge < -0.3 is 10.6 Å². The minimum absolute atomic E-state index is 0.530. The van der Waals surface area contributed by atoms with E-state index in [1.807, 2.05) is 0 Å². The number of nitrogens with one attached hydrogen (secondary N) is 1. The largest absolute Gasteiger partial charge is 0.378 e. The molecule has 102 valence electrons. The highest BCUT2D eigenvalue weighted by Crippen LogP contribution is 2.34. The van der Waals surface area contributed by atoms with Crippen molar-refractivity contribution in [1.29, 1.82) is 0 Å². The standard InChI is InChI=1S/C14H20N4S/c1-2-19-14(15)17-11-5-6-12-10(8-11)9-16-13-4-3-7-18(12)13/h5-6,8,13,16H,2-4,7,9H2,1H3,(H2,15,17). The summed E-state index contributed by atoms with van der Waals surface area (Å²) in [5.74, 6) is 0.956. The summed E-state index contributed by atoms with van der Waals surface area (Å²) in [6, 6.07) is 6.42. The second kappa shape index (κ2) is 5.43. The third-order valence-electron chi connectivity index (χ3n) is 3.68. The van der Waals surface area contributed by atoms with Gasteiger partial charge in [-0.25, -0.2) is 4.99 Å². The molecule has 0 spiro atoms. The van der Waals surface area contributed by atoms with E-state index in [9.17, 15) is 0 Å². The van der Waals surface area contributed by atoms with Crippen LogP contribution in [0.25, 0.3) is 0 Å². The predicted octanol–water partition coefficient (Wildman–Crippen LogP) is 2.42. The Kier molecular flexibility index (Phi) is 3.66. The third-order valence-corrected chi connectivity index (χ3v) is 4.36. The van der Waals surface area contributed by atoms with E-state index in [4.69, 9.17) is 5.73 Å². The zero-order valence-corrected chi connectivity index (χ0v) is 12.0. The minimum atomic E-state index is 0.530. The number of amidine groups is 1. The van der Waals surface area contributed by atoms with Crippen molar-refractivity contribution in [3.63, 3.8) is 0 Å². The monoisotopic (exact) mass is 276 g/mol. The van der Waals surface area contributed by atoms with E-state index in [1.54, 1.807) is 11.8 Å². The van der Waals surface area contributed by atoms with Gasteiger partial charge in [-0.1, -0.05) is 18.7 Å². The van der Waals surface area contributed by atoms with Gasteiger partial charge in [-0.05, 0) is 42.4 Å². The van der Waals surface area contributed by atoms with Crippen molar-refractivity contribution in [2.75, 3.05) is 17.2 Å². The second-order valence-electron chi connectivity index (χ2n) is 4.93. The number of nitrogens with two attached hydrogens (primary N) is 1. The molecule has 3 N–H and O–H groups in total. The zero-order chi connectivity index (χ0) is 13.2. The van der Waals surface area contributed by atoms with E-state index in [0.29, 0.717) is 11.3 Å². The topological polar surface area (TPSA) is 53.6 Å². The number of rotatable bonds is 2. The lowest BCUT2D eigenvalue weighted by Crippen LogP contribution is -2.45.